The number of alkyl halides is 1. The zero-order valence-corrected chi connectivity index (χ0v) is 51.9. The number of halogens is 4. The lowest BCUT2D eigenvalue weighted by Gasteiger charge is -2.61. The highest BCUT2D eigenvalue weighted by Crippen LogP contribution is 2.68. The van der Waals surface area contributed by atoms with E-state index in [0.29, 0.717) is 60.0 Å². The minimum absolute atomic E-state index is 0.0903. The van der Waals surface area contributed by atoms with Crippen molar-refractivity contribution in [2.75, 3.05) is 4.91 Å². The molecule has 12 aliphatic carbocycles. The molecule has 0 radical (unpaired) electrons. The third-order valence-electron chi connectivity index (χ3n) is 20.9. The van der Waals surface area contributed by atoms with Gasteiger partial charge in [-0.2, -0.15) is 0 Å². The molecule has 0 spiro atoms. The number of nitrogens with zero attached hydrogens (tertiary/aromatic N) is 4. The minimum atomic E-state index is -0.565. The number of amides is 1. The molecule has 1 amide bonds. The van der Waals surface area contributed by atoms with Gasteiger partial charge in [0.05, 0.1) is 16.2 Å². The second kappa shape index (κ2) is 26.0. The Balaban J connectivity index is 0.000000128. The van der Waals surface area contributed by atoms with Crippen molar-refractivity contribution in [1.82, 2.24) is 24.8 Å². The van der Waals surface area contributed by atoms with Crippen molar-refractivity contribution in [1.29, 1.82) is 0 Å². The number of carboxylic acids is 1. The van der Waals surface area contributed by atoms with E-state index in [4.69, 9.17) is 51.8 Å². The van der Waals surface area contributed by atoms with Crippen LogP contribution < -0.4 is 11.1 Å². The van der Waals surface area contributed by atoms with Gasteiger partial charge in [0.1, 0.15) is 6.33 Å². The summed E-state index contributed by atoms with van der Waals surface area (Å²) >= 11 is 20.2. The van der Waals surface area contributed by atoms with E-state index in [0.717, 1.165) is 84.0 Å². The van der Waals surface area contributed by atoms with Gasteiger partial charge in [0.15, 0.2) is 0 Å². The molecule has 3 aromatic heterocycles. The van der Waals surface area contributed by atoms with Gasteiger partial charge >= 0.3 is 5.97 Å². The lowest BCUT2D eigenvalue weighted by atomic mass is 9.42. The second-order valence-electron chi connectivity index (χ2n) is 26.4. The van der Waals surface area contributed by atoms with Crippen LogP contribution in [0.2, 0.25) is 15.1 Å². The SMILES string of the molecule is NCc1ccncc1.O=C(NCc1ccncc1)C12CC3CC(C1)CC(c1ccc(Cl)cc1)(C3)C2.O=C(O)C12CC3CC(C1)CC(c1ccc(Cl)cc1)(C3)C2.O=C(n1ccnc1)C12CC3CC(C1)CC(c1ccc(Cl)cc1)(C3)C2.O=[C-]O.[2H]CI. The molecule has 3 aromatic carbocycles. The molecule has 0 aliphatic heterocycles. The summed E-state index contributed by atoms with van der Waals surface area (Å²) in [7, 11) is 0. The summed E-state index contributed by atoms with van der Waals surface area (Å²) in [6, 6.07) is 32.6. The van der Waals surface area contributed by atoms with Crippen molar-refractivity contribution < 1.29 is 30.8 Å². The molecule has 6 atom stereocenters. The fourth-order valence-corrected chi connectivity index (χ4v) is 19.4. The Hall–Kier alpha value is -5.19. The standard InChI is InChI=1S/C23H25ClN2O.C20H21ClN2O.C17H19ClO2.C6H8N2.CH3I.CHO2/c24-20-3-1-19(2-4-20)22-10-17-9-18(11-22)13-23(12-17,15-22)21(27)26-14-16-5-7-25-8-6-16;21-17-3-1-16(2-4-17)19-8-14-7-15(9-19)11-20(10-14,12-19)18(24)23-6-5-22-13-23;18-14-3-1-13(2-4-14)16-6-11-5-12(7-16)9-17(8-11,10-16)15(19)20;7-5-6-1-3-8-4-2-6;1-2;2-1-3/h1-8,17-18H,9-15H2,(H,26,27);1-6,13-15H,7-12H2;1-4,11-12H,5-10H2,(H,19,20);1-4H,5,7H2;1H3;(H,2,3)/q;;;;;-1/i;;;;1D;. The molecule has 12 aliphatic rings. The van der Waals surface area contributed by atoms with E-state index in [2.05, 4.69) is 56.7 Å². The van der Waals surface area contributed by atoms with E-state index in [1.165, 1.54) is 74.5 Å². The lowest BCUT2D eigenvalue weighted by molar-refractivity contribution is -0.167. The number of carbonyl (C=O) groups is 3. The van der Waals surface area contributed by atoms with Crippen LogP contribution in [-0.4, -0.2) is 58.9 Å². The van der Waals surface area contributed by atoms with Crippen LogP contribution in [0.5, 0.6) is 0 Å². The maximum absolute atomic E-state index is 13.3. The molecule has 12 nitrogen and oxygen atoms in total. The molecule has 6 unspecified atom stereocenters. The number of aliphatic hydroxyl groups excluding tert-OH is 1. The molecule has 12 saturated carbocycles. The van der Waals surface area contributed by atoms with Gasteiger partial charge in [0.2, 0.25) is 11.8 Å². The molecular formula is C68H77Cl3IN6O6-. The van der Waals surface area contributed by atoms with E-state index in [9.17, 15) is 19.5 Å². The molecule has 0 saturated heterocycles. The van der Waals surface area contributed by atoms with Crippen LogP contribution in [0, 0.1) is 51.8 Å². The predicted octanol–water partition coefficient (Wildman–Crippen LogP) is 15.1. The summed E-state index contributed by atoms with van der Waals surface area (Å²) in [5.74, 6) is 3.85. The number of carboxylic acid groups (broad SMARTS) is 1. The number of rotatable bonds is 9. The van der Waals surface area contributed by atoms with Gasteiger partial charge in [0.25, 0.3) is 0 Å². The highest BCUT2D eigenvalue weighted by Gasteiger charge is 2.64. The van der Waals surface area contributed by atoms with Crippen LogP contribution >= 0.6 is 57.4 Å². The van der Waals surface area contributed by atoms with Gasteiger partial charge in [-0.1, -0.05) is 100 Å². The molecule has 16 heteroatoms. The van der Waals surface area contributed by atoms with E-state index in [-0.39, 0.29) is 38.9 Å². The summed E-state index contributed by atoms with van der Waals surface area (Å²) in [5, 5.41) is 22.1. The number of nitrogens with two attached hydrogens (primary N) is 1. The Kier molecular flexibility index (Phi) is 18.7. The average molecular weight is 1310 g/mol. The summed E-state index contributed by atoms with van der Waals surface area (Å²) in [5.41, 5.74) is 11.2. The van der Waals surface area contributed by atoms with Crippen LogP contribution in [0.15, 0.2) is 141 Å². The summed E-state index contributed by atoms with van der Waals surface area (Å²) < 4.78 is 7.91. The Morgan fingerprint density at radius 2 is 0.929 bits per heavy atom. The number of carbonyl (C=O) groups excluding carboxylic acids is 2. The third-order valence-corrected chi connectivity index (χ3v) is 21.6. The molecule has 18 rings (SSSR count). The van der Waals surface area contributed by atoms with Gasteiger partial charge in [-0.25, -0.2) is 4.98 Å². The van der Waals surface area contributed by atoms with E-state index < -0.39 is 11.4 Å². The van der Waals surface area contributed by atoms with Crippen molar-refractivity contribution >= 4 is 81.6 Å². The quantitative estimate of drug-likeness (QED) is 0.0616. The average Bonchev–Trinajstić information content (AvgIpc) is 0.957. The molecule has 5 N–H and O–H groups in total. The predicted molar refractivity (Wildman–Crippen MR) is 338 cm³/mol. The van der Waals surface area contributed by atoms with Crippen molar-refractivity contribution in [3.8, 4) is 0 Å². The zero-order chi connectivity index (χ0) is 60.0. The van der Waals surface area contributed by atoms with Gasteiger partial charge in [-0.05, 0) is 261 Å². The number of pyridine rings is 2. The maximum Gasteiger partial charge on any atom is 0.309 e. The smallest absolute Gasteiger partial charge is 0.309 e. The Morgan fingerprint density at radius 3 is 1.27 bits per heavy atom. The number of benzene rings is 3. The van der Waals surface area contributed by atoms with E-state index >= 15 is 0 Å². The summed E-state index contributed by atoms with van der Waals surface area (Å²) in [6.07, 6.45) is 32.1. The number of aliphatic carboxylic acids is 1. The molecule has 6 aromatic rings. The van der Waals surface area contributed by atoms with Gasteiger partial charge in [0, 0.05) is 66.7 Å². The molecule has 12 bridgehead atoms. The summed E-state index contributed by atoms with van der Waals surface area (Å²) in [6.45, 7) is 1.69. The second-order valence-corrected chi connectivity index (χ2v) is 27.7. The minimum Gasteiger partial charge on any atom is -0.665 e. The largest absolute Gasteiger partial charge is 0.665 e. The molecule has 84 heavy (non-hydrogen) atoms. The van der Waals surface area contributed by atoms with Crippen LogP contribution in [0.1, 0.15) is 150 Å². The Labute approximate surface area is 524 Å². The number of aromatic nitrogens is 4. The fourth-order valence-electron chi connectivity index (χ4n) is 19.0. The third kappa shape index (κ3) is 12.9. The van der Waals surface area contributed by atoms with Gasteiger partial charge in [-0.15, -0.1) is 0 Å². The normalized spacial score (nSPS) is 32.6. The summed E-state index contributed by atoms with van der Waals surface area (Å²) in [4.78, 5) is 59.2. The monoisotopic (exact) mass is 1310 g/mol. The van der Waals surface area contributed by atoms with Crippen LogP contribution in [-0.2, 0) is 43.7 Å². The van der Waals surface area contributed by atoms with Crippen LogP contribution in [0.25, 0.3) is 0 Å². The first-order chi connectivity index (χ1) is 40.9. The zero-order valence-electron chi connectivity index (χ0n) is 48.5. The fraction of sp³-hybridized carbons (Fsp3) is 0.485. The molecule has 3 heterocycles. The van der Waals surface area contributed by atoms with Crippen molar-refractivity contribution in [2.24, 2.45) is 57.5 Å². The number of nitrogens with one attached hydrogen (secondary N) is 1. The van der Waals surface area contributed by atoms with Crippen molar-refractivity contribution in [3.05, 3.63) is 183 Å². The van der Waals surface area contributed by atoms with Gasteiger partial charge < -0.3 is 26.1 Å². The first-order valence-electron chi connectivity index (χ1n) is 30.3. The van der Waals surface area contributed by atoms with E-state index in [1.54, 1.807) is 48.1 Å². The van der Waals surface area contributed by atoms with Crippen molar-refractivity contribution in [2.45, 2.75) is 145 Å². The molecular weight excluding hydrogens is 1230 g/mol. The highest BCUT2D eigenvalue weighted by molar-refractivity contribution is 14.1. The van der Waals surface area contributed by atoms with Crippen LogP contribution in [0.3, 0.4) is 0 Å². The first-order valence-corrected chi connectivity index (χ1v) is 32.3. The maximum atomic E-state index is 13.3. The van der Waals surface area contributed by atoms with Crippen LogP contribution in [0.4, 0.5) is 0 Å². The Morgan fingerprint density at radius 1 is 0.583 bits per heavy atom. The highest BCUT2D eigenvalue weighted by atomic mass is 127. The van der Waals surface area contributed by atoms with Crippen molar-refractivity contribution in [3.63, 3.8) is 0 Å². The van der Waals surface area contributed by atoms with E-state index in [1.807, 2.05) is 83.3 Å². The Bertz CT molecular complexity index is 3190. The first kappa shape index (κ1) is 60.5. The lowest BCUT2D eigenvalue weighted by Crippen LogP contribution is -2.59. The molecule has 444 valence electrons. The topological polar surface area (TPSA) is 190 Å². The van der Waals surface area contributed by atoms with Gasteiger partial charge in [-0.3, -0.25) is 28.9 Å². The number of hydrogen-bond acceptors (Lipinski definition) is 8. The number of hydrogen-bond donors (Lipinski definition) is 4. The molecule has 12 fully saturated rings. The number of imidazole rings is 1.